The van der Waals surface area contributed by atoms with Crippen LogP contribution in [0.15, 0.2) is 35.5 Å². The molecule has 0 radical (unpaired) electrons. The number of hydrogen-bond acceptors (Lipinski definition) is 4. The van der Waals surface area contributed by atoms with E-state index in [0.717, 1.165) is 10.2 Å². The molecule has 0 saturated carbocycles. The van der Waals surface area contributed by atoms with Gasteiger partial charge in [0.2, 0.25) is 0 Å². The molecule has 0 aliphatic heterocycles. The van der Waals surface area contributed by atoms with Crippen LogP contribution in [-0.4, -0.2) is 21.1 Å². The van der Waals surface area contributed by atoms with Gasteiger partial charge in [0.05, 0.1) is 28.4 Å². The Labute approximate surface area is 148 Å². The van der Waals surface area contributed by atoms with Crippen LogP contribution in [-0.2, 0) is 5.41 Å². The first-order valence-electron chi connectivity index (χ1n) is 7.55. The van der Waals surface area contributed by atoms with Gasteiger partial charge in [-0.25, -0.2) is 4.39 Å². The standard InChI is InChI=1S/C18H15ClFN3O2/c1-18(2,3)12-4-10-7-22-23(17(25)15(10)13(20)5-12)14-8-21-6-11(9-24)16(14)19/h4-9H,1-3H3. The second-order valence-electron chi connectivity index (χ2n) is 6.71. The summed E-state index contributed by atoms with van der Waals surface area (Å²) < 4.78 is 15.6. The first-order chi connectivity index (χ1) is 11.7. The molecule has 2 heterocycles. The Kier molecular flexibility index (Phi) is 4.16. The Hall–Kier alpha value is -2.60. The lowest BCUT2D eigenvalue weighted by Crippen LogP contribution is -2.23. The van der Waals surface area contributed by atoms with E-state index in [1.807, 2.05) is 20.8 Å². The van der Waals surface area contributed by atoms with Gasteiger partial charge in [-0.1, -0.05) is 32.4 Å². The summed E-state index contributed by atoms with van der Waals surface area (Å²) in [7, 11) is 0. The molecule has 5 nitrogen and oxygen atoms in total. The zero-order valence-electron chi connectivity index (χ0n) is 13.9. The molecule has 3 rings (SSSR count). The number of nitrogens with zero attached hydrogens (tertiary/aromatic N) is 3. The molecule has 0 bridgehead atoms. The largest absolute Gasteiger partial charge is 0.298 e. The predicted molar refractivity (Wildman–Crippen MR) is 94.2 cm³/mol. The highest BCUT2D eigenvalue weighted by molar-refractivity contribution is 6.34. The van der Waals surface area contributed by atoms with Crippen molar-refractivity contribution in [3.05, 3.63) is 63.0 Å². The topological polar surface area (TPSA) is 64.8 Å². The molecule has 1 aromatic carbocycles. The first kappa shape index (κ1) is 17.2. The Balaban J connectivity index is 2.31. The SMILES string of the molecule is CC(C)(C)c1cc(F)c2c(=O)n(-c3cncc(C=O)c3Cl)ncc2c1. The molecule has 0 atom stereocenters. The molecule has 0 fully saturated rings. The molecule has 0 N–H and O–H groups in total. The van der Waals surface area contributed by atoms with Crippen LogP contribution in [0.5, 0.6) is 0 Å². The maximum Gasteiger partial charge on any atom is 0.282 e. The summed E-state index contributed by atoms with van der Waals surface area (Å²) in [6.45, 7) is 5.87. The van der Waals surface area contributed by atoms with Gasteiger partial charge in [0.25, 0.3) is 5.56 Å². The summed E-state index contributed by atoms with van der Waals surface area (Å²) >= 11 is 6.13. The van der Waals surface area contributed by atoms with E-state index >= 15 is 0 Å². The minimum atomic E-state index is -0.665. The molecular weight excluding hydrogens is 345 g/mol. The Morgan fingerprint density at radius 2 is 1.92 bits per heavy atom. The molecule has 0 amide bonds. The molecule has 0 aliphatic carbocycles. The van der Waals surface area contributed by atoms with Crippen molar-refractivity contribution in [3.8, 4) is 5.69 Å². The number of carbonyl (C=O) groups is 1. The number of rotatable bonds is 2. The lowest BCUT2D eigenvalue weighted by Gasteiger charge is -2.20. The monoisotopic (exact) mass is 359 g/mol. The van der Waals surface area contributed by atoms with Crippen LogP contribution in [0.2, 0.25) is 5.02 Å². The van der Waals surface area contributed by atoms with Gasteiger partial charge in [-0.3, -0.25) is 14.6 Å². The maximum absolute atomic E-state index is 14.6. The van der Waals surface area contributed by atoms with Crippen molar-refractivity contribution in [2.45, 2.75) is 26.2 Å². The molecular formula is C18H15ClFN3O2. The van der Waals surface area contributed by atoms with Crippen molar-refractivity contribution in [2.75, 3.05) is 0 Å². The highest BCUT2D eigenvalue weighted by atomic mass is 35.5. The van der Waals surface area contributed by atoms with Gasteiger partial charge >= 0.3 is 0 Å². The summed E-state index contributed by atoms with van der Waals surface area (Å²) in [5.41, 5.74) is 0.0744. The first-order valence-corrected chi connectivity index (χ1v) is 7.93. The van der Waals surface area contributed by atoms with Crippen LogP contribution in [0.1, 0.15) is 36.7 Å². The highest BCUT2D eigenvalue weighted by Gasteiger charge is 2.19. The molecule has 7 heteroatoms. The Bertz CT molecular complexity index is 1050. The fourth-order valence-corrected chi connectivity index (χ4v) is 2.74. The smallest absolute Gasteiger partial charge is 0.282 e. The average Bonchev–Trinajstić information content (AvgIpc) is 2.54. The lowest BCUT2D eigenvalue weighted by atomic mass is 9.86. The van der Waals surface area contributed by atoms with Crippen LogP contribution in [0.4, 0.5) is 4.39 Å². The van der Waals surface area contributed by atoms with Gasteiger partial charge in [0, 0.05) is 11.6 Å². The van der Waals surface area contributed by atoms with Crippen LogP contribution >= 0.6 is 11.6 Å². The van der Waals surface area contributed by atoms with Gasteiger partial charge in [0.15, 0.2) is 6.29 Å². The van der Waals surface area contributed by atoms with Gasteiger partial charge in [-0.2, -0.15) is 9.78 Å². The van der Waals surface area contributed by atoms with Gasteiger partial charge < -0.3 is 0 Å². The molecule has 128 valence electrons. The molecule has 0 aliphatic rings. The zero-order chi connectivity index (χ0) is 18.4. The van der Waals surface area contributed by atoms with E-state index in [0.29, 0.717) is 11.7 Å². The van der Waals surface area contributed by atoms with E-state index in [1.54, 1.807) is 6.07 Å². The van der Waals surface area contributed by atoms with Crippen molar-refractivity contribution in [3.63, 3.8) is 0 Å². The van der Waals surface area contributed by atoms with Crippen molar-refractivity contribution in [1.29, 1.82) is 0 Å². The Morgan fingerprint density at radius 3 is 2.56 bits per heavy atom. The predicted octanol–water partition coefficient (Wildman–Crippen LogP) is 3.68. The van der Waals surface area contributed by atoms with Crippen molar-refractivity contribution in [1.82, 2.24) is 14.8 Å². The summed E-state index contributed by atoms with van der Waals surface area (Å²) in [4.78, 5) is 27.6. The van der Waals surface area contributed by atoms with Crippen LogP contribution < -0.4 is 5.56 Å². The number of hydrogen-bond donors (Lipinski definition) is 0. The van der Waals surface area contributed by atoms with Crippen LogP contribution in [0.25, 0.3) is 16.5 Å². The Morgan fingerprint density at radius 1 is 1.20 bits per heavy atom. The number of fused-ring (bicyclic) bond motifs is 1. The lowest BCUT2D eigenvalue weighted by molar-refractivity contribution is 0.112. The molecule has 0 saturated heterocycles. The van der Waals surface area contributed by atoms with Crippen molar-refractivity contribution < 1.29 is 9.18 Å². The van der Waals surface area contributed by atoms with Crippen LogP contribution in [0.3, 0.4) is 0 Å². The molecule has 2 aromatic heterocycles. The van der Waals surface area contributed by atoms with E-state index in [4.69, 9.17) is 11.6 Å². The van der Waals surface area contributed by atoms with Crippen LogP contribution in [0, 0.1) is 5.82 Å². The fraction of sp³-hybridized carbons (Fsp3) is 0.222. The van der Waals surface area contributed by atoms with Crippen molar-refractivity contribution >= 4 is 28.7 Å². The summed E-state index contributed by atoms with van der Waals surface area (Å²) in [6, 6.07) is 3.11. The molecule has 0 unspecified atom stereocenters. The highest BCUT2D eigenvalue weighted by Crippen LogP contribution is 2.27. The maximum atomic E-state index is 14.6. The molecule has 3 aromatic rings. The van der Waals surface area contributed by atoms with Gasteiger partial charge in [0.1, 0.15) is 11.5 Å². The number of aldehydes is 1. The number of halogens is 2. The summed E-state index contributed by atoms with van der Waals surface area (Å²) in [6.07, 6.45) is 4.51. The minimum absolute atomic E-state index is 0.0330. The third-order valence-electron chi connectivity index (χ3n) is 3.95. The third kappa shape index (κ3) is 2.93. The van der Waals surface area contributed by atoms with Crippen molar-refractivity contribution in [2.24, 2.45) is 0 Å². The minimum Gasteiger partial charge on any atom is -0.298 e. The van der Waals surface area contributed by atoms with E-state index in [-0.39, 0.29) is 27.1 Å². The van der Waals surface area contributed by atoms with E-state index in [9.17, 15) is 14.0 Å². The van der Waals surface area contributed by atoms with E-state index < -0.39 is 11.4 Å². The molecule has 0 spiro atoms. The number of aromatic nitrogens is 3. The number of pyridine rings is 1. The number of carbonyl (C=O) groups excluding carboxylic acids is 1. The van der Waals surface area contributed by atoms with E-state index in [1.165, 1.54) is 24.7 Å². The third-order valence-corrected chi connectivity index (χ3v) is 4.36. The summed E-state index contributed by atoms with van der Waals surface area (Å²) in [5, 5.41) is 4.42. The van der Waals surface area contributed by atoms with Gasteiger partial charge in [-0.15, -0.1) is 0 Å². The second kappa shape index (κ2) is 6.04. The molecule has 25 heavy (non-hydrogen) atoms. The van der Waals surface area contributed by atoms with E-state index in [2.05, 4.69) is 10.1 Å². The quantitative estimate of drug-likeness (QED) is 0.655. The fourth-order valence-electron chi connectivity index (χ4n) is 2.52. The normalized spacial score (nSPS) is 11.7. The van der Waals surface area contributed by atoms with Gasteiger partial charge in [-0.05, 0) is 23.1 Å². The second-order valence-corrected chi connectivity index (χ2v) is 7.09. The average molecular weight is 360 g/mol. The summed E-state index contributed by atoms with van der Waals surface area (Å²) in [5.74, 6) is -0.626. The zero-order valence-corrected chi connectivity index (χ0v) is 14.6. The number of benzene rings is 1.